The zero-order chi connectivity index (χ0) is 17.3. The Morgan fingerprint density at radius 3 is 2.79 bits per heavy atom. The number of amides is 2. The minimum Gasteiger partial charge on any atom is -0.494 e. The van der Waals surface area contributed by atoms with Gasteiger partial charge in [-0.25, -0.2) is 4.68 Å². The predicted molar refractivity (Wildman–Crippen MR) is 88.1 cm³/mol. The maximum Gasteiger partial charge on any atom is 0.274 e. The first-order valence-electron chi connectivity index (χ1n) is 7.79. The number of likely N-dealkylation sites (tertiary alicyclic amines) is 1. The molecule has 7 heteroatoms. The van der Waals surface area contributed by atoms with Gasteiger partial charge in [-0.15, -0.1) is 0 Å². The van der Waals surface area contributed by atoms with Crippen LogP contribution in [0.2, 0.25) is 0 Å². The fourth-order valence-corrected chi connectivity index (χ4v) is 2.89. The molecule has 3 rings (SSSR count). The second kappa shape index (κ2) is 6.35. The van der Waals surface area contributed by atoms with Crippen LogP contribution in [0.25, 0.3) is 5.69 Å². The van der Waals surface area contributed by atoms with Crippen LogP contribution in [0.15, 0.2) is 30.5 Å². The quantitative estimate of drug-likeness (QED) is 0.911. The standard InChI is InChI=1S/C17H20N4O3/c1-11-3-4-15(24-2)14(9-11)21-8-6-13(19-21)17(23)20-7-5-12(10-20)16(18)22/h3-4,6,8-9,12H,5,7,10H2,1-2H3,(H2,18,22). The lowest BCUT2D eigenvalue weighted by molar-refractivity contribution is -0.121. The minimum absolute atomic E-state index is 0.191. The smallest absolute Gasteiger partial charge is 0.274 e. The van der Waals surface area contributed by atoms with Crippen molar-refractivity contribution in [3.8, 4) is 11.4 Å². The number of primary amides is 1. The molecular weight excluding hydrogens is 308 g/mol. The highest BCUT2D eigenvalue weighted by molar-refractivity contribution is 5.93. The lowest BCUT2D eigenvalue weighted by Gasteiger charge is -2.14. The highest BCUT2D eigenvalue weighted by Crippen LogP contribution is 2.24. The summed E-state index contributed by atoms with van der Waals surface area (Å²) in [6, 6.07) is 7.43. The molecule has 2 N–H and O–H groups in total. The van der Waals surface area contributed by atoms with Crippen molar-refractivity contribution in [3.63, 3.8) is 0 Å². The third-order valence-electron chi connectivity index (χ3n) is 4.27. The molecule has 2 aromatic rings. The van der Waals surface area contributed by atoms with Crippen LogP contribution in [-0.4, -0.2) is 46.7 Å². The van der Waals surface area contributed by atoms with E-state index >= 15 is 0 Å². The number of benzene rings is 1. The van der Waals surface area contributed by atoms with E-state index in [4.69, 9.17) is 10.5 Å². The normalized spacial score (nSPS) is 17.1. The van der Waals surface area contributed by atoms with Gasteiger partial charge in [0.15, 0.2) is 5.69 Å². The number of nitrogens with zero attached hydrogens (tertiary/aromatic N) is 3. The Hall–Kier alpha value is -2.83. The largest absolute Gasteiger partial charge is 0.494 e. The van der Waals surface area contributed by atoms with E-state index in [1.54, 1.807) is 29.0 Å². The first-order valence-corrected chi connectivity index (χ1v) is 7.79. The summed E-state index contributed by atoms with van der Waals surface area (Å²) in [6.45, 7) is 2.86. The van der Waals surface area contributed by atoms with Gasteiger partial charge in [-0.2, -0.15) is 5.10 Å². The number of methoxy groups -OCH3 is 1. The van der Waals surface area contributed by atoms with Crippen LogP contribution in [0.5, 0.6) is 5.75 Å². The van der Waals surface area contributed by atoms with Gasteiger partial charge < -0.3 is 15.4 Å². The number of hydrogen-bond acceptors (Lipinski definition) is 4. The molecule has 0 saturated carbocycles. The number of aromatic nitrogens is 2. The van der Waals surface area contributed by atoms with E-state index < -0.39 is 0 Å². The van der Waals surface area contributed by atoms with E-state index in [-0.39, 0.29) is 17.7 Å². The van der Waals surface area contributed by atoms with Gasteiger partial charge in [0, 0.05) is 19.3 Å². The molecule has 126 valence electrons. The van der Waals surface area contributed by atoms with Gasteiger partial charge in [0.25, 0.3) is 5.91 Å². The van der Waals surface area contributed by atoms with Crippen molar-refractivity contribution < 1.29 is 14.3 Å². The Morgan fingerprint density at radius 1 is 1.33 bits per heavy atom. The maximum atomic E-state index is 12.5. The SMILES string of the molecule is COc1ccc(C)cc1-n1ccc(C(=O)N2CCC(C(N)=O)C2)n1. The molecule has 1 saturated heterocycles. The van der Waals surface area contributed by atoms with Gasteiger partial charge in [-0.1, -0.05) is 6.07 Å². The summed E-state index contributed by atoms with van der Waals surface area (Å²) < 4.78 is 6.98. The van der Waals surface area contributed by atoms with E-state index in [0.717, 1.165) is 11.3 Å². The number of rotatable bonds is 4. The molecule has 24 heavy (non-hydrogen) atoms. The molecule has 1 fully saturated rings. The number of nitrogens with two attached hydrogens (primary N) is 1. The van der Waals surface area contributed by atoms with Gasteiger partial charge in [0.2, 0.25) is 5.91 Å². The van der Waals surface area contributed by atoms with Crippen LogP contribution >= 0.6 is 0 Å². The summed E-state index contributed by atoms with van der Waals surface area (Å²) >= 11 is 0. The minimum atomic E-state index is -0.361. The Balaban J connectivity index is 1.82. The zero-order valence-corrected chi connectivity index (χ0v) is 13.7. The topological polar surface area (TPSA) is 90.5 Å². The molecule has 0 bridgehead atoms. The molecule has 0 radical (unpaired) electrons. The third kappa shape index (κ3) is 2.97. The van der Waals surface area contributed by atoms with Crippen molar-refractivity contribution in [1.82, 2.24) is 14.7 Å². The summed E-state index contributed by atoms with van der Waals surface area (Å²) in [4.78, 5) is 25.4. The van der Waals surface area contributed by atoms with Crippen LogP contribution < -0.4 is 10.5 Å². The Bertz CT molecular complexity index is 784. The van der Waals surface area contributed by atoms with Crippen LogP contribution in [-0.2, 0) is 4.79 Å². The molecule has 1 aliphatic rings. The van der Waals surface area contributed by atoms with Crippen molar-refractivity contribution in [2.45, 2.75) is 13.3 Å². The summed E-state index contributed by atoms with van der Waals surface area (Å²) in [5.74, 6) is -0.144. The number of hydrogen-bond donors (Lipinski definition) is 1. The zero-order valence-electron chi connectivity index (χ0n) is 13.7. The lowest BCUT2D eigenvalue weighted by Crippen LogP contribution is -2.32. The third-order valence-corrected chi connectivity index (χ3v) is 4.27. The Morgan fingerprint density at radius 2 is 2.12 bits per heavy atom. The molecule has 0 aliphatic carbocycles. The van der Waals surface area contributed by atoms with Gasteiger partial charge in [-0.3, -0.25) is 9.59 Å². The maximum absolute atomic E-state index is 12.5. The van der Waals surface area contributed by atoms with Crippen molar-refractivity contribution in [2.24, 2.45) is 11.7 Å². The highest BCUT2D eigenvalue weighted by atomic mass is 16.5. The number of aryl methyl sites for hydroxylation is 1. The predicted octanol–water partition coefficient (Wildman–Crippen LogP) is 1.14. The number of carbonyl (C=O) groups excluding carboxylic acids is 2. The average molecular weight is 328 g/mol. The molecule has 7 nitrogen and oxygen atoms in total. The molecular formula is C17H20N4O3. The molecule has 0 spiro atoms. The Labute approximate surface area is 140 Å². The van der Waals surface area contributed by atoms with Crippen molar-refractivity contribution in [3.05, 3.63) is 41.7 Å². The molecule has 2 heterocycles. The fourth-order valence-electron chi connectivity index (χ4n) is 2.89. The molecule has 1 aromatic carbocycles. The summed E-state index contributed by atoms with van der Waals surface area (Å²) in [5.41, 5.74) is 7.49. The van der Waals surface area contributed by atoms with Gasteiger partial charge in [0.1, 0.15) is 11.4 Å². The lowest BCUT2D eigenvalue weighted by atomic mass is 10.1. The van der Waals surface area contributed by atoms with E-state index in [1.165, 1.54) is 0 Å². The first-order chi connectivity index (χ1) is 11.5. The van der Waals surface area contributed by atoms with Crippen LogP contribution in [0, 0.1) is 12.8 Å². The van der Waals surface area contributed by atoms with Crippen LogP contribution in [0.4, 0.5) is 0 Å². The van der Waals surface area contributed by atoms with Crippen molar-refractivity contribution in [1.29, 1.82) is 0 Å². The number of ether oxygens (including phenoxy) is 1. The van der Waals surface area contributed by atoms with E-state index in [2.05, 4.69) is 5.10 Å². The summed E-state index contributed by atoms with van der Waals surface area (Å²) in [7, 11) is 1.60. The van der Waals surface area contributed by atoms with Gasteiger partial charge >= 0.3 is 0 Å². The first kappa shape index (κ1) is 16.0. The van der Waals surface area contributed by atoms with Crippen molar-refractivity contribution in [2.75, 3.05) is 20.2 Å². The highest BCUT2D eigenvalue weighted by Gasteiger charge is 2.31. The van der Waals surface area contributed by atoms with Crippen LogP contribution in [0.3, 0.4) is 0 Å². The molecule has 1 unspecified atom stereocenters. The Kier molecular flexibility index (Phi) is 4.24. The molecule has 1 aromatic heterocycles. The monoisotopic (exact) mass is 328 g/mol. The molecule has 2 amide bonds. The fraction of sp³-hybridized carbons (Fsp3) is 0.353. The number of carbonyl (C=O) groups is 2. The van der Waals surface area contributed by atoms with Gasteiger partial charge in [-0.05, 0) is 37.1 Å². The average Bonchev–Trinajstić information content (AvgIpc) is 3.24. The summed E-state index contributed by atoms with van der Waals surface area (Å²) in [5, 5.41) is 4.37. The van der Waals surface area contributed by atoms with Crippen molar-refractivity contribution >= 4 is 11.8 Å². The van der Waals surface area contributed by atoms with E-state index in [0.29, 0.717) is 31.0 Å². The second-order valence-electron chi connectivity index (χ2n) is 5.96. The van der Waals surface area contributed by atoms with E-state index in [9.17, 15) is 9.59 Å². The van der Waals surface area contributed by atoms with Gasteiger partial charge in [0.05, 0.1) is 13.0 Å². The molecule has 1 atom stereocenters. The van der Waals surface area contributed by atoms with E-state index in [1.807, 2.05) is 25.1 Å². The van der Waals surface area contributed by atoms with Crippen LogP contribution in [0.1, 0.15) is 22.5 Å². The molecule has 1 aliphatic heterocycles. The summed E-state index contributed by atoms with van der Waals surface area (Å²) in [6.07, 6.45) is 2.33. The second-order valence-corrected chi connectivity index (χ2v) is 5.96.